The fourth-order valence-corrected chi connectivity index (χ4v) is 3.38. The van der Waals surface area contributed by atoms with Crippen LogP contribution in [0.1, 0.15) is 5.56 Å². The Labute approximate surface area is 173 Å². The van der Waals surface area contributed by atoms with Gasteiger partial charge in [0, 0.05) is 6.66 Å². The molecular weight excluding hydrogens is 444 g/mol. The molecule has 0 bridgehead atoms. The predicted molar refractivity (Wildman–Crippen MR) is 105 cm³/mol. The highest BCUT2D eigenvalue weighted by Gasteiger charge is 2.22. The summed E-state index contributed by atoms with van der Waals surface area (Å²) in [7, 11) is -3.69. The zero-order chi connectivity index (χ0) is 21.2. The van der Waals surface area contributed by atoms with Crippen LogP contribution in [0.5, 0.6) is 5.75 Å². The minimum atomic E-state index is -3.69. The maximum absolute atomic E-state index is 12.5. The lowest BCUT2D eigenvalue weighted by Crippen LogP contribution is -2.29. The summed E-state index contributed by atoms with van der Waals surface area (Å²) in [6, 6.07) is 12.0. The lowest BCUT2D eigenvalue weighted by molar-refractivity contribution is 0.197. The average molecular weight is 456 g/mol. The van der Waals surface area contributed by atoms with Crippen molar-refractivity contribution in [1.29, 1.82) is 5.26 Å². The first-order valence-electron chi connectivity index (χ1n) is 7.90. The van der Waals surface area contributed by atoms with Crippen LogP contribution < -0.4 is 16.0 Å². The topological polar surface area (TPSA) is 116 Å². The number of hydrogen-bond donors (Lipinski definition) is 0. The van der Waals surface area contributed by atoms with Gasteiger partial charge in [-0.15, -0.1) is 4.74 Å². The van der Waals surface area contributed by atoms with E-state index in [-0.39, 0.29) is 21.5 Å². The molecule has 0 aliphatic carbocycles. The number of nitriles is 1. The molecule has 0 saturated carbocycles. The zero-order valence-corrected chi connectivity index (χ0v) is 17.1. The van der Waals surface area contributed by atoms with Crippen LogP contribution in [0.4, 0.5) is 0 Å². The van der Waals surface area contributed by atoms with E-state index in [1.807, 2.05) is 6.07 Å². The molecule has 1 atom stereocenters. The summed E-state index contributed by atoms with van der Waals surface area (Å²) in [5.41, 5.74) is -0.294. The molecule has 0 saturated heterocycles. The maximum Gasteiger partial charge on any atom is 0.445 e. The Morgan fingerprint density at radius 1 is 1.14 bits per heavy atom. The van der Waals surface area contributed by atoms with Crippen LogP contribution in [0.15, 0.2) is 56.6 Å². The first-order chi connectivity index (χ1) is 13.7. The van der Waals surface area contributed by atoms with Gasteiger partial charge < -0.3 is 9.05 Å². The van der Waals surface area contributed by atoms with E-state index < -0.39 is 25.8 Å². The fourth-order valence-electron chi connectivity index (χ4n) is 2.21. The van der Waals surface area contributed by atoms with E-state index in [0.717, 1.165) is 0 Å². The number of hydrogen-bond acceptors (Lipinski definition) is 7. The third kappa shape index (κ3) is 4.81. The Kier molecular flexibility index (Phi) is 6.01. The average Bonchev–Trinajstić information content (AvgIpc) is 2.96. The second kappa shape index (κ2) is 8.31. The molecular formula is C17H12Cl2N3O6P. The number of nitrogens with zero attached hydrogens (tertiary/aromatic N) is 3. The van der Waals surface area contributed by atoms with Gasteiger partial charge in [0.1, 0.15) is 12.5 Å². The van der Waals surface area contributed by atoms with Gasteiger partial charge in [-0.3, -0.25) is 4.52 Å². The largest absolute Gasteiger partial charge is 0.445 e. The third-order valence-corrected chi connectivity index (χ3v) is 5.47. The molecule has 0 spiro atoms. The molecule has 12 heteroatoms. The first-order valence-corrected chi connectivity index (χ1v) is 10.7. The maximum atomic E-state index is 12.5. The quantitative estimate of drug-likeness (QED) is 0.520. The van der Waals surface area contributed by atoms with Gasteiger partial charge in [-0.1, -0.05) is 23.2 Å². The summed E-state index contributed by atoms with van der Waals surface area (Å²) in [4.78, 5) is 24.5. The Hall–Kier alpha value is -2.76. The van der Waals surface area contributed by atoms with E-state index >= 15 is 0 Å². The second-order valence-electron chi connectivity index (χ2n) is 5.72. The van der Waals surface area contributed by atoms with Crippen LogP contribution in [-0.2, 0) is 15.8 Å². The van der Waals surface area contributed by atoms with Crippen molar-refractivity contribution in [2.45, 2.75) is 6.73 Å². The van der Waals surface area contributed by atoms with Gasteiger partial charge in [-0.25, -0.2) is 14.2 Å². The molecule has 0 aliphatic heterocycles. The monoisotopic (exact) mass is 455 g/mol. The number of halogens is 2. The summed E-state index contributed by atoms with van der Waals surface area (Å²) >= 11 is 11.7. The molecule has 9 nitrogen and oxygen atoms in total. The van der Waals surface area contributed by atoms with Crippen molar-refractivity contribution in [1.82, 2.24) is 9.31 Å². The Morgan fingerprint density at radius 2 is 1.83 bits per heavy atom. The number of rotatable bonds is 6. The molecule has 0 amide bonds. The van der Waals surface area contributed by atoms with Gasteiger partial charge >= 0.3 is 19.0 Å². The SMILES string of the molecule is CP(=O)(OCn1c(=O)on(-c2ccc(Cl)c(Cl)c2)c1=O)Oc1ccc(C#N)cc1. The second-order valence-corrected chi connectivity index (χ2v) is 8.52. The van der Waals surface area contributed by atoms with Gasteiger partial charge in [-0.2, -0.15) is 9.83 Å². The molecule has 0 fully saturated rings. The fraction of sp³-hybridized carbons (Fsp3) is 0.118. The van der Waals surface area contributed by atoms with Crippen LogP contribution in [0.25, 0.3) is 5.69 Å². The van der Waals surface area contributed by atoms with Crippen molar-refractivity contribution in [3.05, 3.63) is 79.1 Å². The van der Waals surface area contributed by atoms with E-state index in [2.05, 4.69) is 0 Å². The van der Waals surface area contributed by atoms with E-state index in [4.69, 9.17) is 42.0 Å². The van der Waals surface area contributed by atoms with Crippen molar-refractivity contribution < 1.29 is 18.1 Å². The minimum absolute atomic E-state index is 0.164. The Bertz CT molecular complexity index is 1260. The van der Waals surface area contributed by atoms with E-state index in [1.165, 1.54) is 49.1 Å². The van der Waals surface area contributed by atoms with Crippen LogP contribution in [-0.4, -0.2) is 16.0 Å². The molecule has 150 valence electrons. The Balaban J connectivity index is 1.78. The lowest BCUT2D eigenvalue weighted by Gasteiger charge is -2.14. The molecule has 1 heterocycles. The van der Waals surface area contributed by atoms with Crippen molar-refractivity contribution in [2.75, 3.05) is 6.66 Å². The molecule has 1 aromatic heterocycles. The smallest absolute Gasteiger partial charge is 0.424 e. The van der Waals surface area contributed by atoms with Crippen molar-refractivity contribution in [3.8, 4) is 17.5 Å². The standard InChI is InChI=1S/C17H12Cl2N3O6P/c1-29(25,28-13-5-2-11(9-20)3-6-13)26-10-21-16(23)22(27-17(21)24)12-4-7-14(18)15(19)8-12/h2-8H,10H2,1H3. The van der Waals surface area contributed by atoms with Crippen LogP contribution in [0.2, 0.25) is 10.0 Å². The van der Waals surface area contributed by atoms with Crippen LogP contribution in [0, 0.1) is 11.3 Å². The van der Waals surface area contributed by atoms with Crippen molar-refractivity contribution in [2.24, 2.45) is 0 Å². The highest BCUT2D eigenvalue weighted by Crippen LogP contribution is 2.44. The summed E-state index contributed by atoms with van der Waals surface area (Å²) in [5.74, 6) is -0.831. The molecule has 3 aromatic rings. The highest BCUT2D eigenvalue weighted by molar-refractivity contribution is 7.53. The van der Waals surface area contributed by atoms with Gasteiger partial charge in [0.15, 0.2) is 0 Å². The molecule has 0 radical (unpaired) electrons. The highest BCUT2D eigenvalue weighted by atomic mass is 35.5. The van der Waals surface area contributed by atoms with Gasteiger partial charge in [0.25, 0.3) is 0 Å². The summed E-state index contributed by atoms with van der Waals surface area (Å²) < 4.78 is 29.1. The molecule has 0 aliphatic rings. The van der Waals surface area contributed by atoms with Crippen LogP contribution >= 0.6 is 30.8 Å². The van der Waals surface area contributed by atoms with Crippen molar-refractivity contribution >= 4 is 30.8 Å². The number of benzene rings is 2. The summed E-state index contributed by atoms with van der Waals surface area (Å²) in [6.45, 7) is 0.507. The van der Waals surface area contributed by atoms with Gasteiger partial charge in [0.05, 0.1) is 27.4 Å². The normalized spacial score (nSPS) is 12.9. The van der Waals surface area contributed by atoms with Gasteiger partial charge in [0.2, 0.25) is 0 Å². The van der Waals surface area contributed by atoms with Crippen LogP contribution in [0.3, 0.4) is 0 Å². The van der Waals surface area contributed by atoms with Gasteiger partial charge in [-0.05, 0) is 42.5 Å². The lowest BCUT2D eigenvalue weighted by atomic mass is 10.2. The molecule has 0 N–H and O–H groups in total. The first kappa shape index (κ1) is 21.0. The van der Waals surface area contributed by atoms with E-state index in [0.29, 0.717) is 14.9 Å². The summed E-state index contributed by atoms with van der Waals surface area (Å²) in [6.07, 6.45) is 0. The molecule has 3 rings (SSSR count). The molecule has 2 aromatic carbocycles. The summed E-state index contributed by atoms with van der Waals surface area (Å²) in [5, 5.41) is 9.21. The molecule has 29 heavy (non-hydrogen) atoms. The number of aromatic nitrogens is 2. The van der Waals surface area contributed by atoms with E-state index in [9.17, 15) is 14.2 Å². The third-order valence-electron chi connectivity index (χ3n) is 3.61. The predicted octanol–water partition coefficient (Wildman–Crippen LogP) is 3.65. The minimum Gasteiger partial charge on any atom is -0.424 e. The van der Waals surface area contributed by atoms with Crippen molar-refractivity contribution in [3.63, 3.8) is 0 Å². The zero-order valence-electron chi connectivity index (χ0n) is 14.7. The van der Waals surface area contributed by atoms with E-state index in [1.54, 1.807) is 0 Å². The Morgan fingerprint density at radius 3 is 2.45 bits per heavy atom. The molecule has 1 unspecified atom stereocenters.